The average Bonchev–Trinajstić information content (AvgIpc) is 3.48. The molecular weight excluding hydrogens is 516 g/mol. The molecule has 0 bridgehead atoms. The van der Waals surface area contributed by atoms with E-state index in [9.17, 15) is 14.7 Å². The monoisotopic (exact) mass is 542 g/mol. The second-order valence-electron chi connectivity index (χ2n) is 8.87. The van der Waals surface area contributed by atoms with Crippen LogP contribution >= 0.6 is 11.3 Å². The predicted octanol–water partition coefficient (Wildman–Crippen LogP) is 5.81. The van der Waals surface area contributed by atoms with Crippen LogP contribution in [0.2, 0.25) is 0 Å². The van der Waals surface area contributed by atoms with Gasteiger partial charge in [-0.3, -0.25) is 14.5 Å². The lowest BCUT2D eigenvalue weighted by atomic mass is 9.95. The Labute approximate surface area is 229 Å². The van der Waals surface area contributed by atoms with Crippen LogP contribution in [0, 0.1) is 6.92 Å². The molecule has 4 aromatic rings. The van der Waals surface area contributed by atoms with Crippen molar-refractivity contribution in [2.24, 2.45) is 0 Å². The number of fused-ring (bicyclic) bond motifs is 1. The Kier molecular flexibility index (Phi) is 7.08. The highest BCUT2D eigenvalue weighted by Gasteiger charge is 2.45. The number of thiazole rings is 1. The van der Waals surface area contributed by atoms with Crippen LogP contribution in [0.15, 0.2) is 78.1 Å². The molecule has 1 N–H and O–H groups in total. The average molecular weight is 543 g/mol. The first kappa shape index (κ1) is 26.0. The SMILES string of the molecule is COc1cc(C2C(C(=O)/C=C/c3ccccc3)=C(O)C(=O)N2c2nc3ccc(C)cc3s2)cc(OC)c1OC. The third-order valence-electron chi connectivity index (χ3n) is 6.44. The molecule has 1 amide bonds. The molecule has 2 heterocycles. The summed E-state index contributed by atoms with van der Waals surface area (Å²) < 4.78 is 17.4. The minimum Gasteiger partial charge on any atom is -0.503 e. The van der Waals surface area contributed by atoms with Gasteiger partial charge in [-0.05, 0) is 54.0 Å². The minimum atomic E-state index is -0.999. The smallest absolute Gasteiger partial charge is 0.296 e. The lowest BCUT2D eigenvalue weighted by molar-refractivity contribution is -0.117. The van der Waals surface area contributed by atoms with Gasteiger partial charge in [0, 0.05) is 0 Å². The molecular formula is C30H26N2O6S. The van der Waals surface area contributed by atoms with Crippen molar-refractivity contribution in [1.82, 2.24) is 4.98 Å². The van der Waals surface area contributed by atoms with E-state index in [2.05, 4.69) is 4.98 Å². The van der Waals surface area contributed by atoms with E-state index in [0.29, 0.717) is 33.5 Å². The molecule has 0 spiro atoms. The van der Waals surface area contributed by atoms with E-state index in [1.54, 1.807) is 18.2 Å². The van der Waals surface area contributed by atoms with Crippen molar-refractivity contribution in [2.75, 3.05) is 26.2 Å². The zero-order valence-corrected chi connectivity index (χ0v) is 22.6. The van der Waals surface area contributed by atoms with Crippen LogP contribution < -0.4 is 19.1 Å². The lowest BCUT2D eigenvalue weighted by Gasteiger charge is -2.25. The fourth-order valence-corrected chi connectivity index (χ4v) is 5.67. The highest BCUT2D eigenvalue weighted by molar-refractivity contribution is 7.22. The van der Waals surface area contributed by atoms with E-state index in [0.717, 1.165) is 15.8 Å². The first-order chi connectivity index (χ1) is 18.9. The molecule has 3 aromatic carbocycles. The molecule has 1 aromatic heterocycles. The number of amides is 1. The molecule has 0 fully saturated rings. The van der Waals surface area contributed by atoms with Crippen molar-refractivity contribution >= 4 is 44.5 Å². The quantitative estimate of drug-likeness (QED) is 0.281. The Morgan fingerprint density at radius 3 is 2.33 bits per heavy atom. The van der Waals surface area contributed by atoms with Crippen molar-refractivity contribution in [3.05, 3.63) is 94.8 Å². The number of anilines is 1. The van der Waals surface area contributed by atoms with Crippen molar-refractivity contribution in [3.63, 3.8) is 0 Å². The third kappa shape index (κ3) is 4.72. The van der Waals surface area contributed by atoms with Gasteiger partial charge in [-0.2, -0.15) is 0 Å². The van der Waals surface area contributed by atoms with Gasteiger partial charge in [0.2, 0.25) is 5.75 Å². The summed E-state index contributed by atoms with van der Waals surface area (Å²) in [6.07, 6.45) is 2.99. The Balaban J connectivity index is 1.68. The van der Waals surface area contributed by atoms with E-state index in [-0.39, 0.29) is 5.57 Å². The standard InChI is InChI=1S/C30H26N2O6S/c1-17-10-12-20-24(14-17)39-30(31-20)32-26(19-15-22(36-2)28(38-4)23(16-19)37-3)25(27(34)29(32)35)21(33)13-11-18-8-6-5-7-9-18/h5-16,26,34H,1-4H3/b13-11+. The minimum absolute atomic E-state index is 0.0723. The summed E-state index contributed by atoms with van der Waals surface area (Å²) in [7, 11) is 4.45. The Bertz CT molecular complexity index is 1610. The number of aliphatic hydroxyl groups excluding tert-OH is 1. The number of ketones is 1. The Morgan fingerprint density at radius 1 is 1.00 bits per heavy atom. The molecule has 5 rings (SSSR count). The second kappa shape index (κ2) is 10.6. The van der Waals surface area contributed by atoms with Crippen LogP contribution in [0.25, 0.3) is 16.3 Å². The molecule has 1 atom stereocenters. The molecule has 8 nitrogen and oxygen atoms in total. The normalized spacial score (nSPS) is 15.4. The number of methoxy groups -OCH3 is 3. The number of aryl methyl sites for hydroxylation is 1. The van der Waals surface area contributed by atoms with E-state index in [4.69, 9.17) is 14.2 Å². The molecule has 0 saturated heterocycles. The van der Waals surface area contributed by atoms with Gasteiger partial charge in [0.05, 0.1) is 43.2 Å². The van der Waals surface area contributed by atoms with Gasteiger partial charge in [0.25, 0.3) is 5.91 Å². The summed E-state index contributed by atoms with van der Waals surface area (Å²) in [5.74, 6) is -0.815. The number of rotatable bonds is 8. The van der Waals surface area contributed by atoms with Crippen LogP contribution in [0.1, 0.15) is 22.7 Å². The number of nitrogens with zero attached hydrogens (tertiary/aromatic N) is 2. The third-order valence-corrected chi connectivity index (χ3v) is 7.46. The van der Waals surface area contributed by atoms with Gasteiger partial charge in [0.1, 0.15) is 0 Å². The molecule has 1 aliphatic heterocycles. The number of hydrogen-bond acceptors (Lipinski definition) is 8. The highest BCUT2D eigenvalue weighted by atomic mass is 32.1. The van der Waals surface area contributed by atoms with E-state index >= 15 is 0 Å². The zero-order valence-electron chi connectivity index (χ0n) is 21.8. The number of carbonyl (C=O) groups is 2. The van der Waals surface area contributed by atoms with Gasteiger partial charge in [-0.15, -0.1) is 0 Å². The van der Waals surface area contributed by atoms with Gasteiger partial charge in [-0.1, -0.05) is 53.8 Å². The number of benzene rings is 3. The summed E-state index contributed by atoms with van der Waals surface area (Å²) >= 11 is 1.30. The summed E-state index contributed by atoms with van der Waals surface area (Å²) in [5.41, 5.74) is 2.97. The summed E-state index contributed by atoms with van der Waals surface area (Å²) in [6.45, 7) is 1.97. The number of aliphatic hydroxyl groups is 1. The van der Waals surface area contributed by atoms with Crippen LogP contribution in [0.5, 0.6) is 17.2 Å². The van der Waals surface area contributed by atoms with Gasteiger partial charge < -0.3 is 19.3 Å². The Morgan fingerprint density at radius 2 is 1.69 bits per heavy atom. The number of ether oxygens (including phenoxy) is 3. The largest absolute Gasteiger partial charge is 0.503 e. The fourth-order valence-electron chi connectivity index (χ4n) is 4.58. The van der Waals surface area contributed by atoms with Gasteiger partial charge >= 0.3 is 0 Å². The topological polar surface area (TPSA) is 98.2 Å². The second-order valence-corrected chi connectivity index (χ2v) is 9.88. The summed E-state index contributed by atoms with van der Waals surface area (Å²) in [5, 5.41) is 11.4. The van der Waals surface area contributed by atoms with Crippen molar-refractivity contribution in [1.29, 1.82) is 0 Å². The van der Waals surface area contributed by atoms with Crippen LogP contribution in [-0.2, 0) is 9.59 Å². The van der Waals surface area contributed by atoms with E-state index in [1.807, 2.05) is 55.5 Å². The van der Waals surface area contributed by atoms with Crippen molar-refractivity contribution < 1.29 is 28.9 Å². The lowest BCUT2D eigenvalue weighted by Crippen LogP contribution is -2.30. The van der Waals surface area contributed by atoms with E-state index in [1.165, 1.54) is 43.6 Å². The van der Waals surface area contributed by atoms with E-state index < -0.39 is 23.5 Å². The molecule has 198 valence electrons. The van der Waals surface area contributed by atoms with Crippen molar-refractivity contribution in [3.8, 4) is 17.2 Å². The first-order valence-electron chi connectivity index (χ1n) is 12.1. The molecule has 1 unspecified atom stereocenters. The summed E-state index contributed by atoms with van der Waals surface area (Å²) in [4.78, 5) is 33.2. The maximum atomic E-state index is 13.6. The maximum absolute atomic E-state index is 13.6. The fraction of sp³-hybridized carbons (Fsp3) is 0.167. The predicted molar refractivity (Wildman–Crippen MR) is 151 cm³/mol. The number of allylic oxidation sites excluding steroid dienone is 1. The highest BCUT2D eigenvalue weighted by Crippen LogP contribution is 2.47. The summed E-state index contributed by atoms with van der Waals surface area (Å²) in [6, 6.07) is 17.4. The number of aromatic nitrogens is 1. The molecule has 1 aliphatic rings. The first-order valence-corrected chi connectivity index (χ1v) is 12.9. The molecule has 0 radical (unpaired) electrons. The molecule has 9 heteroatoms. The molecule has 39 heavy (non-hydrogen) atoms. The van der Waals surface area contributed by atoms with Gasteiger partial charge in [0.15, 0.2) is 28.2 Å². The van der Waals surface area contributed by atoms with Crippen LogP contribution in [0.3, 0.4) is 0 Å². The number of carbonyl (C=O) groups excluding carboxylic acids is 2. The van der Waals surface area contributed by atoms with Crippen molar-refractivity contribution in [2.45, 2.75) is 13.0 Å². The number of hydrogen-bond donors (Lipinski definition) is 1. The van der Waals surface area contributed by atoms with Crippen LogP contribution in [0.4, 0.5) is 5.13 Å². The van der Waals surface area contributed by atoms with Gasteiger partial charge in [-0.25, -0.2) is 4.98 Å². The Hall–Kier alpha value is -4.63. The molecule has 0 saturated carbocycles. The maximum Gasteiger partial charge on any atom is 0.296 e. The zero-order chi connectivity index (χ0) is 27.7. The van der Waals surface area contributed by atoms with Crippen LogP contribution in [-0.4, -0.2) is 43.1 Å². The molecule has 0 aliphatic carbocycles.